The summed E-state index contributed by atoms with van der Waals surface area (Å²) in [4.78, 5) is 11.6. The van der Waals surface area contributed by atoms with Crippen molar-refractivity contribution in [2.45, 2.75) is 67.0 Å². The number of hydrogen-bond donors (Lipinski definition) is 2. The first-order valence-electron chi connectivity index (χ1n) is 7.11. The van der Waals surface area contributed by atoms with E-state index >= 15 is 0 Å². The fourth-order valence-corrected chi connectivity index (χ4v) is 1.49. The van der Waals surface area contributed by atoms with E-state index in [1.54, 1.807) is 0 Å². The van der Waals surface area contributed by atoms with Gasteiger partial charge in [0.2, 0.25) is 0 Å². The Balaban J connectivity index is 4.19. The summed E-state index contributed by atoms with van der Waals surface area (Å²) in [6.07, 6.45) is -0.351. The van der Waals surface area contributed by atoms with E-state index in [1.165, 1.54) is 0 Å². The third-order valence-corrected chi connectivity index (χ3v) is 2.56. The number of amides is 1. The summed E-state index contributed by atoms with van der Waals surface area (Å²) < 4.78 is 5.24. The van der Waals surface area contributed by atoms with Crippen LogP contribution in [0.25, 0.3) is 0 Å². The molecule has 4 heteroatoms. The van der Waals surface area contributed by atoms with E-state index in [0.29, 0.717) is 12.5 Å². The molecular weight excluding hydrogens is 240 g/mol. The quantitative estimate of drug-likeness (QED) is 0.808. The first kappa shape index (κ1) is 18.2. The third kappa shape index (κ3) is 10.8. The molecule has 0 aliphatic carbocycles. The van der Waals surface area contributed by atoms with Crippen LogP contribution >= 0.6 is 0 Å². The van der Waals surface area contributed by atoms with Crippen LogP contribution in [0, 0.1) is 11.3 Å². The maximum Gasteiger partial charge on any atom is 0.407 e. The van der Waals surface area contributed by atoms with Gasteiger partial charge in [0.05, 0.1) is 0 Å². The number of ether oxygens (including phenoxy) is 1. The Morgan fingerprint density at radius 1 is 1.11 bits per heavy atom. The molecule has 1 atom stereocenters. The normalized spacial score (nSPS) is 14.4. The Kier molecular flexibility index (Phi) is 6.84. The zero-order valence-electron chi connectivity index (χ0n) is 13.9. The van der Waals surface area contributed by atoms with Gasteiger partial charge in [-0.2, -0.15) is 0 Å². The van der Waals surface area contributed by atoms with Gasteiger partial charge in [-0.15, -0.1) is 0 Å². The zero-order chi connectivity index (χ0) is 15.3. The lowest BCUT2D eigenvalue weighted by Crippen LogP contribution is -2.47. The molecule has 0 fully saturated rings. The highest BCUT2D eigenvalue weighted by Crippen LogP contribution is 2.12. The van der Waals surface area contributed by atoms with E-state index in [1.807, 2.05) is 20.8 Å². The maximum absolute atomic E-state index is 11.6. The summed E-state index contributed by atoms with van der Waals surface area (Å²) in [5, 5.41) is 6.34. The summed E-state index contributed by atoms with van der Waals surface area (Å²) in [6.45, 7) is 18.0. The van der Waals surface area contributed by atoms with Gasteiger partial charge in [-0.05, 0) is 32.1 Å². The van der Waals surface area contributed by atoms with Gasteiger partial charge in [-0.3, -0.25) is 0 Å². The highest BCUT2D eigenvalue weighted by Gasteiger charge is 2.20. The van der Waals surface area contributed by atoms with Crippen molar-refractivity contribution in [3.8, 4) is 0 Å². The molecule has 114 valence electrons. The van der Waals surface area contributed by atoms with E-state index in [9.17, 15) is 4.79 Å². The van der Waals surface area contributed by atoms with Gasteiger partial charge in [-0.1, -0.05) is 34.6 Å². The molecular formula is C15H32N2O2. The lowest BCUT2D eigenvalue weighted by molar-refractivity contribution is 0.0519. The standard InChI is InChI=1S/C15H32N2O2/c1-11(2)12(17-10-14(3,4)5)9-16-13(18)19-15(6,7)8/h11-12,17H,9-10H2,1-8H3,(H,16,18). The Morgan fingerprint density at radius 3 is 2.00 bits per heavy atom. The minimum atomic E-state index is -0.448. The smallest absolute Gasteiger partial charge is 0.407 e. The van der Waals surface area contributed by atoms with Crippen LogP contribution in [0.4, 0.5) is 4.79 Å². The van der Waals surface area contributed by atoms with Crippen LogP contribution in [0.3, 0.4) is 0 Å². The molecule has 4 nitrogen and oxygen atoms in total. The Labute approximate surface area is 118 Å². The number of carbonyl (C=O) groups is 1. The summed E-state index contributed by atoms with van der Waals surface area (Å²) in [5.74, 6) is 0.456. The van der Waals surface area contributed by atoms with Crippen LogP contribution in [-0.2, 0) is 4.74 Å². The largest absolute Gasteiger partial charge is 0.444 e. The van der Waals surface area contributed by atoms with Crippen molar-refractivity contribution in [2.75, 3.05) is 13.1 Å². The predicted molar refractivity (Wildman–Crippen MR) is 80.3 cm³/mol. The Hall–Kier alpha value is -0.770. The van der Waals surface area contributed by atoms with Gasteiger partial charge in [0.25, 0.3) is 0 Å². The van der Waals surface area contributed by atoms with E-state index < -0.39 is 5.60 Å². The second-order valence-corrected chi connectivity index (χ2v) is 7.67. The molecule has 0 bridgehead atoms. The van der Waals surface area contributed by atoms with Crippen molar-refractivity contribution in [1.29, 1.82) is 0 Å². The molecule has 0 heterocycles. The van der Waals surface area contributed by atoms with E-state index in [4.69, 9.17) is 4.74 Å². The van der Waals surface area contributed by atoms with Crippen molar-refractivity contribution in [3.05, 3.63) is 0 Å². The van der Waals surface area contributed by atoms with Gasteiger partial charge in [0, 0.05) is 19.1 Å². The fourth-order valence-electron chi connectivity index (χ4n) is 1.49. The monoisotopic (exact) mass is 272 g/mol. The molecule has 0 radical (unpaired) electrons. The van der Waals surface area contributed by atoms with Crippen LogP contribution in [0.1, 0.15) is 55.4 Å². The summed E-state index contributed by atoms with van der Waals surface area (Å²) >= 11 is 0. The first-order valence-corrected chi connectivity index (χ1v) is 7.11. The van der Waals surface area contributed by atoms with Crippen LogP contribution in [0.2, 0.25) is 0 Å². The van der Waals surface area contributed by atoms with Crippen molar-refractivity contribution in [3.63, 3.8) is 0 Å². The van der Waals surface area contributed by atoms with Gasteiger partial charge < -0.3 is 15.4 Å². The highest BCUT2D eigenvalue weighted by molar-refractivity contribution is 5.67. The predicted octanol–water partition coefficient (Wildman–Crippen LogP) is 3.17. The first-order chi connectivity index (χ1) is 8.41. The average Bonchev–Trinajstić information content (AvgIpc) is 2.11. The SMILES string of the molecule is CC(C)C(CNC(=O)OC(C)(C)C)NCC(C)(C)C. The lowest BCUT2D eigenvalue weighted by Gasteiger charge is -2.28. The molecule has 0 saturated heterocycles. The number of carbonyl (C=O) groups excluding carboxylic acids is 1. The second-order valence-electron chi connectivity index (χ2n) is 7.67. The van der Waals surface area contributed by atoms with E-state index in [0.717, 1.165) is 6.54 Å². The van der Waals surface area contributed by atoms with Crippen molar-refractivity contribution < 1.29 is 9.53 Å². The number of alkyl carbamates (subject to hydrolysis) is 1. The zero-order valence-corrected chi connectivity index (χ0v) is 13.9. The maximum atomic E-state index is 11.6. The fraction of sp³-hybridized carbons (Fsp3) is 0.933. The van der Waals surface area contributed by atoms with Gasteiger partial charge in [0.15, 0.2) is 0 Å². The van der Waals surface area contributed by atoms with Crippen LogP contribution < -0.4 is 10.6 Å². The molecule has 0 saturated carbocycles. The Morgan fingerprint density at radius 2 is 1.63 bits per heavy atom. The minimum absolute atomic E-state index is 0.235. The van der Waals surface area contributed by atoms with E-state index in [2.05, 4.69) is 45.3 Å². The number of nitrogens with one attached hydrogen (secondary N) is 2. The molecule has 1 amide bonds. The molecule has 0 aromatic rings. The molecule has 0 aliphatic rings. The molecule has 0 rings (SSSR count). The van der Waals surface area contributed by atoms with E-state index in [-0.39, 0.29) is 17.6 Å². The number of hydrogen-bond acceptors (Lipinski definition) is 3. The van der Waals surface area contributed by atoms with Gasteiger partial charge in [0.1, 0.15) is 5.60 Å². The lowest BCUT2D eigenvalue weighted by atomic mass is 9.95. The van der Waals surface area contributed by atoms with Crippen LogP contribution in [0.5, 0.6) is 0 Å². The third-order valence-electron chi connectivity index (χ3n) is 2.56. The summed E-state index contributed by atoms with van der Waals surface area (Å²) in [5.41, 5.74) is -0.213. The van der Waals surface area contributed by atoms with Crippen molar-refractivity contribution in [1.82, 2.24) is 10.6 Å². The highest BCUT2D eigenvalue weighted by atomic mass is 16.6. The molecule has 0 spiro atoms. The van der Waals surface area contributed by atoms with Gasteiger partial charge >= 0.3 is 6.09 Å². The van der Waals surface area contributed by atoms with Crippen molar-refractivity contribution in [2.24, 2.45) is 11.3 Å². The molecule has 0 aliphatic heterocycles. The van der Waals surface area contributed by atoms with Gasteiger partial charge in [-0.25, -0.2) is 4.79 Å². The molecule has 2 N–H and O–H groups in total. The molecule has 0 aromatic heterocycles. The topological polar surface area (TPSA) is 50.4 Å². The molecule has 0 aromatic carbocycles. The average molecular weight is 272 g/mol. The number of rotatable bonds is 5. The second kappa shape index (κ2) is 7.13. The van der Waals surface area contributed by atoms with Crippen molar-refractivity contribution >= 4 is 6.09 Å². The summed E-state index contributed by atoms with van der Waals surface area (Å²) in [6, 6.07) is 0.256. The summed E-state index contributed by atoms with van der Waals surface area (Å²) in [7, 11) is 0. The van der Waals surface area contributed by atoms with Crippen LogP contribution in [0.15, 0.2) is 0 Å². The molecule has 1 unspecified atom stereocenters. The van der Waals surface area contributed by atoms with Crippen LogP contribution in [-0.4, -0.2) is 30.8 Å². The molecule has 19 heavy (non-hydrogen) atoms. The Bertz CT molecular complexity index is 275. The minimum Gasteiger partial charge on any atom is -0.444 e.